The Labute approximate surface area is 89.3 Å². The number of aliphatic hydroxyl groups is 1. The minimum atomic E-state index is 0.304. The molecule has 0 spiro atoms. The largest absolute Gasteiger partial charge is 0.396 e. The van der Waals surface area contributed by atoms with Gasteiger partial charge in [-0.15, -0.1) is 0 Å². The first-order valence-electron chi connectivity index (χ1n) is 5.68. The van der Waals surface area contributed by atoms with Gasteiger partial charge in [0.25, 0.3) is 0 Å². The summed E-state index contributed by atoms with van der Waals surface area (Å²) >= 11 is 0. The van der Waals surface area contributed by atoms with Crippen molar-refractivity contribution < 1.29 is 5.11 Å². The molecule has 0 aliphatic heterocycles. The lowest BCUT2D eigenvalue weighted by Crippen LogP contribution is -2.36. The normalized spacial score (nSPS) is 12.9. The van der Waals surface area contributed by atoms with Crippen LogP contribution in [-0.2, 0) is 0 Å². The summed E-state index contributed by atoms with van der Waals surface area (Å²) in [6.07, 6.45) is 0.892. The molecular weight excluding hydrogens is 174 g/mol. The molecule has 2 heteroatoms. The molecule has 0 aromatic rings. The Bertz CT molecular complexity index is 138. The maximum Gasteiger partial charge on any atom is 0.0443 e. The summed E-state index contributed by atoms with van der Waals surface area (Å²) in [6.45, 7) is 14.9. The molecule has 14 heavy (non-hydrogen) atoms. The van der Waals surface area contributed by atoms with Crippen molar-refractivity contribution in [2.24, 2.45) is 11.3 Å². The summed E-state index contributed by atoms with van der Waals surface area (Å²) < 4.78 is 0. The zero-order chi connectivity index (χ0) is 11.2. The van der Waals surface area contributed by atoms with Crippen molar-refractivity contribution >= 4 is 0 Å². The van der Waals surface area contributed by atoms with Gasteiger partial charge in [0.05, 0.1) is 0 Å². The van der Waals surface area contributed by atoms with Crippen LogP contribution in [0.5, 0.6) is 0 Å². The average Bonchev–Trinajstić information content (AvgIpc) is 1.96. The number of hydrogen-bond acceptors (Lipinski definition) is 2. The molecule has 0 saturated carbocycles. The molecule has 0 aliphatic carbocycles. The van der Waals surface area contributed by atoms with E-state index in [1.807, 2.05) is 0 Å². The predicted octanol–water partition coefficient (Wildman–Crippen LogP) is 2.37. The molecule has 0 aromatic heterocycles. The van der Waals surface area contributed by atoms with E-state index in [9.17, 15) is 0 Å². The zero-order valence-corrected chi connectivity index (χ0v) is 10.5. The van der Waals surface area contributed by atoms with Crippen molar-refractivity contribution in [3.8, 4) is 0 Å². The quantitative estimate of drug-likeness (QED) is 0.713. The summed E-state index contributed by atoms with van der Waals surface area (Å²) in [5.74, 6) is 0.705. The van der Waals surface area contributed by atoms with E-state index in [1.54, 1.807) is 0 Å². The van der Waals surface area contributed by atoms with Crippen molar-refractivity contribution in [3.63, 3.8) is 0 Å². The molecule has 0 saturated heterocycles. The SMILES string of the molecule is CC(C)CN(CCCO)CC(C)(C)C. The Hall–Kier alpha value is -0.0800. The van der Waals surface area contributed by atoms with Gasteiger partial charge < -0.3 is 10.0 Å². The highest BCUT2D eigenvalue weighted by molar-refractivity contribution is 4.70. The minimum absolute atomic E-state index is 0.304. The maximum atomic E-state index is 8.82. The smallest absolute Gasteiger partial charge is 0.0443 e. The molecule has 0 atom stereocenters. The molecule has 1 N–H and O–H groups in total. The van der Waals surface area contributed by atoms with Crippen LogP contribution in [0.3, 0.4) is 0 Å². The molecule has 0 aliphatic rings. The Balaban J connectivity index is 3.97. The van der Waals surface area contributed by atoms with E-state index in [0.29, 0.717) is 17.9 Å². The zero-order valence-electron chi connectivity index (χ0n) is 10.5. The van der Waals surface area contributed by atoms with Gasteiger partial charge in [-0.2, -0.15) is 0 Å². The fraction of sp³-hybridized carbons (Fsp3) is 1.00. The number of hydrogen-bond donors (Lipinski definition) is 1. The lowest BCUT2D eigenvalue weighted by atomic mass is 9.95. The fourth-order valence-corrected chi connectivity index (χ4v) is 1.72. The first-order valence-corrected chi connectivity index (χ1v) is 5.68. The lowest BCUT2D eigenvalue weighted by Gasteiger charge is -2.31. The Morgan fingerprint density at radius 3 is 2.14 bits per heavy atom. The fourth-order valence-electron chi connectivity index (χ4n) is 1.72. The van der Waals surface area contributed by atoms with Crippen LogP contribution in [-0.4, -0.2) is 36.2 Å². The Morgan fingerprint density at radius 2 is 1.79 bits per heavy atom. The third kappa shape index (κ3) is 8.52. The lowest BCUT2D eigenvalue weighted by molar-refractivity contribution is 0.158. The topological polar surface area (TPSA) is 23.5 Å². The van der Waals surface area contributed by atoms with E-state index in [4.69, 9.17) is 5.11 Å². The molecule has 2 nitrogen and oxygen atoms in total. The van der Waals surface area contributed by atoms with Gasteiger partial charge in [0, 0.05) is 26.2 Å². The summed E-state index contributed by atoms with van der Waals surface area (Å²) in [4.78, 5) is 2.46. The van der Waals surface area contributed by atoms with Crippen LogP contribution < -0.4 is 0 Å². The number of nitrogens with zero attached hydrogens (tertiary/aromatic N) is 1. The molecule has 0 heterocycles. The summed E-state index contributed by atoms with van der Waals surface area (Å²) in [5.41, 5.74) is 0.352. The van der Waals surface area contributed by atoms with E-state index in [-0.39, 0.29) is 0 Å². The van der Waals surface area contributed by atoms with E-state index < -0.39 is 0 Å². The standard InChI is InChI=1S/C12H27NO/c1-11(2)9-13(7-6-8-14)10-12(3,4)5/h11,14H,6-10H2,1-5H3. The first-order chi connectivity index (χ1) is 6.35. The third-order valence-corrected chi connectivity index (χ3v) is 1.95. The van der Waals surface area contributed by atoms with Crippen molar-refractivity contribution in [2.45, 2.75) is 41.0 Å². The second-order valence-corrected chi connectivity index (χ2v) is 5.77. The minimum Gasteiger partial charge on any atom is -0.396 e. The highest BCUT2D eigenvalue weighted by Gasteiger charge is 2.16. The Kier molecular flexibility index (Phi) is 6.38. The van der Waals surface area contributed by atoms with Gasteiger partial charge in [-0.1, -0.05) is 34.6 Å². The molecule has 0 fully saturated rings. The van der Waals surface area contributed by atoms with Gasteiger partial charge in [0.2, 0.25) is 0 Å². The summed E-state index contributed by atoms with van der Waals surface area (Å²) in [6, 6.07) is 0. The molecule has 0 aromatic carbocycles. The average molecular weight is 201 g/mol. The number of aliphatic hydroxyl groups excluding tert-OH is 1. The van der Waals surface area contributed by atoms with Crippen LogP contribution in [0.4, 0.5) is 0 Å². The van der Waals surface area contributed by atoms with E-state index >= 15 is 0 Å². The second kappa shape index (κ2) is 6.41. The molecule has 86 valence electrons. The third-order valence-electron chi connectivity index (χ3n) is 1.95. The van der Waals surface area contributed by atoms with Crippen molar-refractivity contribution in [2.75, 3.05) is 26.2 Å². The van der Waals surface area contributed by atoms with Crippen molar-refractivity contribution in [1.29, 1.82) is 0 Å². The molecule has 0 radical (unpaired) electrons. The van der Waals surface area contributed by atoms with Crippen molar-refractivity contribution in [1.82, 2.24) is 4.90 Å². The van der Waals surface area contributed by atoms with Gasteiger partial charge in [-0.25, -0.2) is 0 Å². The van der Waals surface area contributed by atoms with Crippen molar-refractivity contribution in [3.05, 3.63) is 0 Å². The summed E-state index contributed by atoms with van der Waals surface area (Å²) in [5, 5.41) is 8.82. The van der Waals surface area contributed by atoms with Crippen LogP contribution in [0.1, 0.15) is 41.0 Å². The van der Waals surface area contributed by atoms with Crippen LogP contribution in [0, 0.1) is 11.3 Å². The maximum absolute atomic E-state index is 8.82. The molecular formula is C12H27NO. The highest BCUT2D eigenvalue weighted by Crippen LogP contribution is 2.16. The number of rotatable bonds is 6. The monoisotopic (exact) mass is 201 g/mol. The van der Waals surface area contributed by atoms with E-state index in [2.05, 4.69) is 39.5 Å². The molecule has 0 rings (SSSR count). The second-order valence-electron chi connectivity index (χ2n) is 5.77. The van der Waals surface area contributed by atoms with Gasteiger partial charge in [0.15, 0.2) is 0 Å². The Morgan fingerprint density at radius 1 is 1.21 bits per heavy atom. The molecule has 0 bridgehead atoms. The van der Waals surface area contributed by atoms with E-state index in [0.717, 1.165) is 26.1 Å². The summed E-state index contributed by atoms with van der Waals surface area (Å²) in [7, 11) is 0. The van der Waals surface area contributed by atoms with Crippen LogP contribution in [0.2, 0.25) is 0 Å². The van der Waals surface area contributed by atoms with Crippen LogP contribution >= 0.6 is 0 Å². The molecule has 0 unspecified atom stereocenters. The molecule has 0 amide bonds. The highest BCUT2D eigenvalue weighted by atomic mass is 16.3. The van der Waals surface area contributed by atoms with Gasteiger partial charge in [-0.3, -0.25) is 0 Å². The van der Waals surface area contributed by atoms with Gasteiger partial charge in [0.1, 0.15) is 0 Å². The first kappa shape index (κ1) is 13.9. The van der Waals surface area contributed by atoms with Gasteiger partial charge >= 0.3 is 0 Å². The van der Waals surface area contributed by atoms with Gasteiger partial charge in [-0.05, 0) is 17.8 Å². The predicted molar refractivity (Wildman–Crippen MR) is 62.4 cm³/mol. The van der Waals surface area contributed by atoms with E-state index in [1.165, 1.54) is 0 Å². The van der Waals surface area contributed by atoms with Crippen LogP contribution in [0.25, 0.3) is 0 Å². The van der Waals surface area contributed by atoms with Crippen LogP contribution in [0.15, 0.2) is 0 Å².